The van der Waals surface area contributed by atoms with E-state index in [2.05, 4.69) is 9.88 Å². The van der Waals surface area contributed by atoms with Gasteiger partial charge in [0.15, 0.2) is 0 Å². The lowest BCUT2D eigenvalue weighted by Gasteiger charge is -2.40. The van der Waals surface area contributed by atoms with Gasteiger partial charge in [0.1, 0.15) is 5.82 Å². The highest BCUT2D eigenvalue weighted by atomic mass is 16.1. The van der Waals surface area contributed by atoms with Crippen LogP contribution in [0.1, 0.15) is 44.1 Å². The Labute approximate surface area is 119 Å². The molecule has 2 heterocycles. The molecule has 0 radical (unpaired) electrons. The average Bonchev–Trinajstić information content (AvgIpc) is 2.90. The van der Waals surface area contributed by atoms with E-state index < -0.39 is 0 Å². The number of nitrogens with two attached hydrogens (primary N) is 1. The first-order chi connectivity index (χ1) is 9.52. The van der Waals surface area contributed by atoms with E-state index in [9.17, 15) is 4.79 Å². The van der Waals surface area contributed by atoms with Crippen LogP contribution in [0.5, 0.6) is 0 Å². The molecule has 1 saturated heterocycles. The van der Waals surface area contributed by atoms with E-state index in [-0.39, 0.29) is 5.56 Å². The van der Waals surface area contributed by atoms with Crippen molar-refractivity contribution in [1.29, 1.82) is 0 Å². The minimum Gasteiger partial charge on any atom is -0.383 e. The zero-order chi connectivity index (χ0) is 14.3. The van der Waals surface area contributed by atoms with Gasteiger partial charge in [-0.2, -0.15) is 4.98 Å². The predicted molar refractivity (Wildman–Crippen MR) is 81.0 cm³/mol. The molecule has 2 N–H and O–H groups in total. The highest BCUT2D eigenvalue weighted by molar-refractivity contribution is 5.44. The lowest BCUT2D eigenvalue weighted by molar-refractivity contribution is 0.225. The van der Waals surface area contributed by atoms with Crippen molar-refractivity contribution < 1.29 is 0 Å². The van der Waals surface area contributed by atoms with E-state index in [4.69, 9.17) is 5.73 Å². The maximum Gasteiger partial charge on any atom is 0.259 e. The molecule has 0 aromatic carbocycles. The van der Waals surface area contributed by atoms with Crippen LogP contribution in [0.2, 0.25) is 0 Å². The Kier molecular flexibility index (Phi) is 3.22. The molecule has 1 aliphatic carbocycles. The Balaban J connectivity index is 1.83. The molecular formula is C15H24N4O. The fraction of sp³-hybridized carbons (Fsp3) is 0.733. The first-order valence-corrected chi connectivity index (χ1v) is 7.60. The number of aromatic nitrogens is 2. The second kappa shape index (κ2) is 4.79. The fourth-order valence-electron chi connectivity index (χ4n) is 3.81. The normalized spacial score (nSPS) is 21.6. The quantitative estimate of drug-likeness (QED) is 0.850. The molecule has 2 fully saturated rings. The van der Waals surface area contributed by atoms with Crippen molar-refractivity contribution in [3.05, 3.63) is 15.9 Å². The number of hydrogen-bond acceptors (Lipinski definition) is 4. The van der Waals surface area contributed by atoms with Crippen molar-refractivity contribution in [1.82, 2.24) is 9.55 Å². The third-order valence-corrected chi connectivity index (χ3v) is 5.30. The lowest BCUT2D eigenvalue weighted by Crippen LogP contribution is -2.42. The Morgan fingerprint density at radius 1 is 1.15 bits per heavy atom. The average molecular weight is 276 g/mol. The first kappa shape index (κ1) is 13.5. The molecule has 0 atom stereocenters. The largest absolute Gasteiger partial charge is 0.383 e. The molecule has 20 heavy (non-hydrogen) atoms. The van der Waals surface area contributed by atoms with Crippen molar-refractivity contribution in [3.63, 3.8) is 0 Å². The van der Waals surface area contributed by atoms with Gasteiger partial charge < -0.3 is 10.6 Å². The summed E-state index contributed by atoms with van der Waals surface area (Å²) in [5, 5.41) is 0. The summed E-state index contributed by atoms with van der Waals surface area (Å²) in [5.74, 6) is 1.09. The lowest BCUT2D eigenvalue weighted by atomic mass is 9.77. The zero-order valence-corrected chi connectivity index (χ0v) is 12.5. The van der Waals surface area contributed by atoms with E-state index in [1.165, 1.54) is 38.5 Å². The maximum atomic E-state index is 12.1. The van der Waals surface area contributed by atoms with Gasteiger partial charge >= 0.3 is 0 Å². The molecule has 110 valence electrons. The van der Waals surface area contributed by atoms with Gasteiger partial charge in [-0.25, -0.2) is 0 Å². The maximum absolute atomic E-state index is 12.1. The molecule has 5 nitrogen and oxygen atoms in total. The molecule has 0 amide bonds. The molecular weight excluding hydrogens is 252 g/mol. The summed E-state index contributed by atoms with van der Waals surface area (Å²) in [6.07, 6.45) is 7.96. The molecule has 0 unspecified atom stereocenters. The second-order valence-electron chi connectivity index (χ2n) is 6.48. The molecule has 0 bridgehead atoms. The van der Waals surface area contributed by atoms with Gasteiger partial charge in [0.05, 0.1) is 5.56 Å². The smallest absolute Gasteiger partial charge is 0.259 e. The molecule has 1 aliphatic heterocycles. The Bertz CT molecular complexity index is 562. The minimum atomic E-state index is -0.0337. The highest BCUT2D eigenvalue weighted by Gasteiger charge is 2.37. The third-order valence-electron chi connectivity index (χ3n) is 5.30. The first-order valence-electron chi connectivity index (χ1n) is 7.60. The van der Waals surface area contributed by atoms with E-state index in [0.717, 1.165) is 19.0 Å². The second-order valence-corrected chi connectivity index (χ2v) is 6.48. The molecule has 2 aliphatic rings. The Morgan fingerprint density at radius 2 is 1.75 bits per heavy atom. The topological polar surface area (TPSA) is 64.2 Å². The van der Waals surface area contributed by atoms with Gasteiger partial charge in [-0.1, -0.05) is 12.8 Å². The molecule has 1 aromatic rings. The molecule has 3 rings (SSSR count). The zero-order valence-electron chi connectivity index (χ0n) is 12.5. The van der Waals surface area contributed by atoms with Crippen LogP contribution in [0.4, 0.5) is 11.8 Å². The summed E-state index contributed by atoms with van der Waals surface area (Å²) in [4.78, 5) is 18.8. The van der Waals surface area contributed by atoms with E-state index >= 15 is 0 Å². The number of rotatable bonds is 1. The van der Waals surface area contributed by atoms with Crippen LogP contribution in [-0.4, -0.2) is 22.6 Å². The van der Waals surface area contributed by atoms with Gasteiger partial charge in [0.25, 0.3) is 5.56 Å². The van der Waals surface area contributed by atoms with Gasteiger partial charge in [-0.15, -0.1) is 0 Å². The van der Waals surface area contributed by atoms with Gasteiger partial charge in [0, 0.05) is 20.1 Å². The van der Waals surface area contributed by atoms with Crippen LogP contribution in [-0.2, 0) is 7.05 Å². The summed E-state index contributed by atoms with van der Waals surface area (Å²) in [5.41, 5.74) is 6.95. The van der Waals surface area contributed by atoms with Crippen LogP contribution < -0.4 is 16.2 Å². The summed E-state index contributed by atoms with van der Waals surface area (Å²) in [6.45, 7) is 3.71. The summed E-state index contributed by atoms with van der Waals surface area (Å²) in [6, 6.07) is 0. The van der Waals surface area contributed by atoms with Crippen LogP contribution >= 0.6 is 0 Å². The SMILES string of the molecule is Cc1c(N)nc(N2CCC3(CCCC3)CC2)n(C)c1=O. The van der Waals surface area contributed by atoms with Crippen molar-refractivity contribution in [2.75, 3.05) is 23.7 Å². The summed E-state index contributed by atoms with van der Waals surface area (Å²) < 4.78 is 1.64. The number of nitrogens with zero attached hydrogens (tertiary/aromatic N) is 3. The standard InChI is InChI=1S/C15H24N4O/c1-11-12(16)17-14(18(2)13(11)20)19-9-7-15(8-10-19)5-3-4-6-15/h3-10,16H2,1-2H3. The number of piperidine rings is 1. The van der Waals surface area contributed by atoms with Crippen molar-refractivity contribution in [2.24, 2.45) is 12.5 Å². The predicted octanol–water partition coefficient (Wildman–Crippen LogP) is 1.83. The van der Waals surface area contributed by atoms with Gasteiger partial charge in [-0.3, -0.25) is 9.36 Å². The molecule has 1 aromatic heterocycles. The number of nitrogen functional groups attached to an aromatic ring is 1. The summed E-state index contributed by atoms with van der Waals surface area (Å²) >= 11 is 0. The monoisotopic (exact) mass is 276 g/mol. The number of hydrogen-bond donors (Lipinski definition) is 1. The van der Waals surface area contributed by atoms with Crippen molar-refractivity contribution in [3.8, 4) is 0 Å². The molecule has 1 saturated carbocycles. The van der Waals surface area contributed by atoms with Crippen LogP contribution in [0.25, 0.3) is 0 Å². The van der Waals surface area contributed by atoms with Gasteiger partial charge in [0.2, 0.25) is 5.95 Å². The Hall–Kier alpha value is -1.52. The highest BCUT2D eigenvalue weighted by Crippen LogP contribution is 2.46. The fourth-order valence-corrected chi connectivity index (χ4v) is 3.81. The Morgan fingerprint density at radius 3 is 2.35 bits per heavy atom. The minimum absolute atomic E-state index is 0.0337. The van der Waals surface area contributed by atoms with E-state index in [1.807, 2.05) is 0 Å². The van der Waals surface area contributed by atoms with E-state index in [1.54, 1.807) is 18.5 Å². The van der Waals surface area contributed by atoms with Crippen molar-refractivity contribution in [2.45, 2.75) is 45.4 Å². The van der Waals surface area contributed by atoms with Crippen LogP contribution in [0, 0.1) is 12.3 Å². The van der Waals surface area contributed by atoms with Crippen molar-refractivity contribution >= 4 is 11.8 Å². The molecule has 1 spiro atoms. The summed E-state index contributed by atoms with van der Waals surface area (Å²) in [7, 11) is 1.79. The van der Waals surface area contributed by atoms with Gasteiger partial charge in [-0.05, 0) is 38.0 Å². The number of anilines is 2. The third kappa shape index (κ3) is 2.09. The molecule has 5 heteroatoms. The van der Waals surface area contributed by atoms with Crippen LogP contribution in [0.3, 0.4) is 0 Å². The van der Waals surface area contributed by atoms with E-state index in [0.29, 0.717) is 16.8 Å². The van der Waals surface area contributed by atoms with Crippen LogP contribution in [0.15, 0.2) is 4.79 Å².